The van der Waals surface area contributed by atoms with Crippen molar-refractivity contribution in [3.63, 3.8) is 0 Å². The normalized spacial score (nSPS) is 18.2. The average Bonchev–Trinajstić information content (AvgIpc) is 2.79. The molecule has 1 aliphatic rings. The predicted octanol–water partition coefficient (Wildman–Crippen LogP) is 3.63. The Labute approximate surface area is 127 Å². The fourth-order valence-corrected chi connectivity index (χ4v) is 4.41. The van der Waals surface area contributed by atoms with Crippen LogP contribution in [0.15, 0.2) is 29.2 Å². The highest BCUT2D eigenvalue weighted by Gasteiger charge is 2.29. The summed E-state index contributed by atoms with van der Waals surface area (Å²) in [5.41, 5.74) is 1.45. The number of hydrogen-bond donors (Lipinski definition) is 1. The van der Waals surface area contributed by atoms with Gasteiger partial charge in [-0.25, -0.2) is 0 Å². The van der Waals surface area contributed by atoms with Crippen LogP contribution in [0, 0.1) is 5.41 Å². The predicted molar refractivity (Wildman–Crippen MR) is 85.0 cm³/mol. The molecule has 0 radical (unpaired) electrons. The van der Waals surface area contributed by atoms with Crippen molar-refractivity contribution in [2.45, 2.75) is 36.8 Å². The van der Waals surface area contributed by atoms with Crippen molar-refractivity contribution >= 4 is 33.6 Å². The monoisotopic (exact) mass is 341 g/mol. The lowest BCUT2D eigenvalue weighted by Gasteiger charge is -2.24. The van der Waals surface area contributed by atoms with E-state index in [0.29, 0.717) is 0 Å². The van der Waals surface area contributed by atoms with Crippen LogP contribution in [-0.2, 0) is 11.2 Å². The minimum absolute atomic E-state index is 0.0390. The first-order chi connectivity index (χ1) is 9.02. The Hall–Kier alpha value is -0.480. The number of thioether (sulfide) groups is 1. The molecule has 4 heteroatoms. The third-order valence-corrected chi connectivity index (χ3v) is 5.17. The molecule has 0 bridgehead atoms. The van der Waals surface area contributed by atoms with Gasteiger partial charge < -0.3 is 5.32 Å². The number of halogens is 1. The maximum atomic E-state index is 12.2. The van der Waals surface area contributed by atoms with Crippen molar-refractivity contribution in [1.82, 2.24) is 5.32 Å². The van der Waals surface area contributed by atoms with Crippen LogP contribution in [0.3, 0.4) is 0 Å². The zero-order chi connectivity index (χ0) is 13.9. The summed E-state index contributed by atoms with van der Waals surface area (Å²) in [6, 6.07) is 8.29. The summed E-state index contributed by atoms with van der Waals surface area (Å²) in [5, 5.41) is 4.11. The van der Waals surface area contributed by atoms with Crippen LogP contribution in [0.5, 0.6) is 0 Å². The molecule has 1 amide bonds. The Morgan fingerprint density at radius 1 is 1.47 bits per heavy atom. The first-order valence-corrected chi connectivity index (χ1v) is 8.60. The van der Waals surface area contributed by atoms with Crippen molar-refractivity contribution in [3.05, 3.63) is 29.8 Å². The van der Waals surface area contributed by atoms with Gasteiger partial charge in [0, 0.05) is 16.8 Å². The summed E-state index contributed by atoms with van der Waals surface area (Å²) in [4.78, 5) is 13.5. The molecular weight excluding hydrogens is 322 g/mol. The van der Waals surface area contributed by atoms with Gasteiger partial charge in [-0.3, -0.25) is 4.79 Å². The highest BCUT2D eigenvalue weighted by Crippen LogP contribution is 2.36. The fraction of sp³-hybridized carbons (Fsp3) is 0.533. The maximum absolute atomic E-state index is 12.2. The number of amides is 1. The summed E-state index contributed by atoms with van der Waals surface area (Å²) < 4.78 is 0. The van der Waals surface area contributed by atoms with E-state index in [1.807, 2.05) is 12.1 Å². The van der Waals surface area contributed by atoms with Gasteiger partial charge in [0.2, 0.25) is 5.91 Å². The second-order valence-electron chi connectivity index (χ2n) is 5.74. The zero-order valence-electron chi connectivity index (χ0n) is 11.4. The Bertz CT molecular complexity index is 436. The van der Waals surface area contributed by atoms with Gasteiger partial charge in [0.25, 0.3) is 0 Å². The number of alkyl halides is 1. The third kappa shape index (κ3) is 3.99. The molecule has 1 N–H and O–H groups in total. The van der Waals surface area contributed by atoms with Gasteiger partial charge in [-0.15, -0.1) is 11.8 Å². The van der Waals surface area contributed by atoms with Gasteiger partial charge in [0.1, 0.15) is 0 Å². The molecule has 1 aromatic rings. The lowest BCUT2D eigenvalue weighted by Crippen LogP contribution is -2.39. The Balaban J connectivity index is 1.86. The third-order valence-electron chi connectivity index (χ3n) is 3.45. The minimum Gasteiger partial charge on any atom is -0.355 e. The molecule has 1 aromatic carbocycles. The van der Waals surface area contributed by atoms with Crippen molar-refractivity contribution < 1.29 is 4.79 Å². The zero-order valence-corrected chi connectivity index (χ0v) is 13.8. The van der Waals surface area contributed by atoms with Gasteiger partial charge in [-0.1, -0.05) is 48.0 Å². The molecule has 1 heterocycles. The van der Waals surface area contributed by atoms with E-state index in [0.717, 1.165) is 24.7 Å². The summed E-state index contributed by atoms with van der Waals surface area (Å²) in [6.45, 7) is 5.11. The van der Waals surface area contributed by atoms with Crippen molar-refractivity contribution in [1.29, 1.82) is 0 Å². The van der Waals surface area contributed by atoms with Crippen LogP contribution in [0.4, 0.5) is 0 Å². The largest absolute Gasteiger partial charge is 0.355 e. The summed E-state index contributed by atoms with van der Waals surface area (Å²) in [7, 11) is 0. The standard InChI is InChI=1S/C15H20BrNOS/c1-15(2,7-8-16)10-17-14(18)13-9-11-5-3-4-6-12(11)19-13/h3-6,13H,7-10H2,1-2H3,(H,17,18). The molecule has 1 atom stereocenters. The number of rotatable bonds is 5. The van der Waals surface area contributed by atoms with E-state index in [4.69, 9.17) is 0 Å². The van der Waals surface area contributed by atoms with Gasteiger partial charge in [0.05, 0.1) is 5.25 Å². The molecule has 19 heavy (non-hydrogen) atoms. The van der Waals surface area contributed by atoms with Gasteiger partial charge in [0.15, 0.2) is 0 Å². The van der Waals surface area contributed by atoms with E-state index < -0.39 is 0 Å². The maximum Gasteiger partial charge on any atom is 0.233 e. The Morgan fingerprint density at radius 3 is 2.89 bits per heavy atom. The lowest BCUT2D eigenvalue weighted by molar-refractivity contribution is -0.120. The van der Waals surface area contributed by atoms with Crippen LogP contribution in [-0.4, -0.2) is 23.0 Å². The molecule has 0 saturated carbocycles. The number of fused-ring (bicyclic) bond motifs is 1. The van der Waals surface area contributed by atoms with E-state index >= 15 is 0 Å². The molecule has 0 aromatic heterocycles. The first kappa shape index (κ1) is 14.9. The Kier molecular flexibility index (Phi) is 4.96. The molecule has 0 saturated heterocycles. The highest BCUT2D eigenvalue weighted by molar-refractivity contribution is 9.09. The minimum atomic E-state index is 0.0390. The summed E-state index contributed by atoms with van der Waals surface area (Å²) in [6.07, 6.45) is 1.91. The number of hydrogen-bond acceptors (Lipinski definition) is 2. The van der Waals surface area contributed by atoms with E-state index in [1.165, 1.54) is 10.5 Å². The molecule has 2 nitrogen and oxygen atoms in total. The molecule has 0 fully saturated rings. The van der Waals surface area contributed by atoms with Crippen LogP contribution in [0.25, 0.3) is 0 Å². The Morgan fingerprint density at radius 2 is 2.21 bits per heavy atom. The number of carbonyl (C=O) groups is 1. The topological polar surface area (TPSA) is 29.1 Å². The van der Waals surface area contributed by atoms with Gasteiger partial charge >= 0.3 is 0 Å². The average molecular weight is 342 g/mol. The number of carbonyl (C=O) groups excluding carboxylic acids is 1. The molecule has 1 aliphatic heterocycles. The van der Waals surface area contributed by atoms with Crippen LogP contribution >= 0.6 is 27.7 Å². The smallest absolute Gasteiger partial charge is 0.233 e. The van der Waals surface area contributed by atoms with E-state index in [9.17, 15) is 4.79 Å². The first-order valence-electron chi connectivity index (χ1n) is 6.60. The van der Waals surface area contributed by atoms with Crippen molar-refractivity contribution in [2.24, 2.45) is 5.41 Å². The van der Waals surface area contributed by atoms with E-state index in [1.54, 1.807) is 11.8 Å². The second-order valence-corrected chi connectivity index (χ2v) is 7.78. The molecule has 0 spiro atoms. The van der Waals surface area contributed by atoms with E-state index in [2.05, 4.69) is 47.2 Å². The highest BCUT2D eigenvalue weighted by atomic mass is 79.9. The molecule has 0 aliphatic carbocycles. The number of benzene rings is 1. The van der Waals surface area contributed by atoms with Gasteiger partial charge in [-0.2, -0.15) is 0 Å². The number of nitrogens with one attached hydrogen (secondary N) is 1. The van der Waals surface area contributed by atoms with Crippen LogP contribution < -0.4 is 5.32 Å². The molecule has 2 rings (SSSR count). The van der Waals surface area contributed by atoms with Crippen LogP contribution in [0.1, 0.15) is 25.8 Å². The molecular formula is C15H20BrNOS. The van der Waals surface area contributed by atoms with Gasteiger partial charge in [-0.05, 0) is 29.9 Å². The fourth-order valence-electron chi connectivity index (χ4n) is 2.11. The summed E-state index contributed by atoms with van der Waals surface area (Å²) >= 11 is 5.15. The quantitative estimate of drug-likeness (QED) is 0.828. The van der Waals surface area contributed by atoms with Crippen molar-refractivity contribution in [2.75, 3.05) is 11.9 Å². The molecule has 1 unspecified atom stereocenters. The second kappa shape index (κ2) is 6.31. The molecule has 104 valence electrons. The summed E-state index contributed by atoms with van der Waals surface area (Å²) in [5.74, 6) is 0.170. The SMILES string of the molecule is CC(C)(CCBr)CNC(=O)C1Cc2ccccc2S1. The van der Waals surface area contributed by atoms with E-state index in [-0.39, 0.29) is 16.6 Å². The van der Waals surface area contributed by atoms with Crippen molar-refractivity contribution in [3.8, 4) is 0 Å². The lowest BCUT2D eigenvalue weighted by atomic mass is 9.90. The van der Waals surface area contributed by atoms with Crippen LogP contribution in [0.2, 0.25) is 0 Å².